The van der Waals surface area contributed by atoms with Gasteiger partial charge in [-0.25, -0.2) is 9.97 Å². The summed E-state index contributed by atoms with van der Waals surface area (Å²) in [4.78, 5) is 12.3. The van der Waals surface area contributed by atoms with E-state index in [0.29, 0.717) is 0 Å². The zero-order chi connectivity index (χ0) is 15.6. The van der Waals surface area contributed by atoms with Gasteiger partial charge in [-0.05, 0) is 36.2 Å². The number of benzene rings is 1. The molecule has 0 aliphatic heterocycles. The molecule has 5 heteroatoms. The number of aromatic nitrogens is 3. The van der Waals surface area contributed by atoms with Crippen molar-refractivity contribution in [1.29, 1.82) is 0 Å². The first kappa shape index (κ1) is 14.0. The first-order chi connectivity index (χ1) is 11.3. The Labute approximate surface area is 138 Å². The molecule has 0 aliphatic carbocycles. The van der Waals surface area contributed by atoms with Gasteiger partial charge in [0.25, 0.3) is 0 Å². The number of furan rings is 1. The lowest BCUT2D eigenvalue weighted by molar-refractivity contribution is 0.582. The van der Waals surface area contributed by atoms with Gasteiger partial charge >= 0.3 is 0 Å². The molecule has 114 valence electrons. The summed E-state index contributed by atoms with van der Waals surface area (Å²) in [7, 11) is 0. The molecule has 4 aromatic rings. The summed E-state index contributed by atoms with van der Waals surface area (Å²) in [5, 5.41) is 0.793. The van der Waals surface area contributed by atoms with Gasteiger partial charge in [-0.15, -0.1) is 0 Å². The first-order valence-corrected chi connectivity index (χ1v) is 7.79. The van der Waals surface area contributed by atoms with Crippen LogP contribution in [0.3, 0.4) is 0 Å². The van der Waals surface area contributed by atoms with Crippen molar-refractivity contribution in [3.63, 3.8) is 0 Å². The van der Waals surface area contributed by atoms with E-state index >= 15 is 0 Å². The Balaban J connectivity index is 1.58. The number of H-pyrrole nitrogens is 1. The van der Waals surface area contributed by atoms with Gasteiger partial charge in [0.05, 0.1) is 11.8 Å². The quantitative estimate of drug-likeness (QED) is 0.594. The van der Waals surface area contributed by atoms with Crippen molar-refractivity contribution in [2.45, 2.75) is 12.8 Å². The second-order valence-electron chi connectivity index (χ2n) is 5.35. The molecule has 0 unspecified atom stereocenters. The summed E-state index contributed by atoms with van der Waals surface area (Å²) in [5.41, 5.74) is 3.69. The summed E-state index contributed by atoms with van der Waals surface area (Å²) < 4.78 is 5.40. The molecule has 0 amide bonds. The van der Waals surface area contributed by atoms with Gasteiger partial charge in [-0.1, -0.05) is 29.8 Å². The molecular weight excluding hydrogens is 310 g/mol. The molecule has 0 saturated heterocycles. The van der Waals surface area contributed by atoms with E-state index in [-0.39, 0.29) is 0 Å². The molecule has 0 saturated carbocycles. The van der Waals surface area contributed by atoms with Crippen molar-refractivity contribution < 1.29 is 4.42 Å². The monoisotopic (exact) mass is 323 g/mol. The lowest BCUT2D eigenvalue weighted by Gasteiger charge is -2.01. The van der Waals surface area contributed by atoms with E-state index in [1.165, 1.54) is 0 Å². The van der Waals surface area contributed by atoms with Crippen molar-refractivity contribution in [2.75, 3.05) is 0 Å². The van der Waals surface area contributed by atoms with Crippen LogP contribution >= 0.6 is 11.6 Å². The normalized spacial score (nSPS) is 11.2. The van der Waals surface area contributed by atoms with Gasteiger partial charge in [0.1, 0.15) is 11.6 Å². The van der Waals surface area contributed by atoms with Gasteiger partial charge < -0.3 is 9.40 Å². The fraction of sp³-hybridized carbons (Fsp3) is 0.111. The van der Waals surface area contributed by atoms with Crippen LogP contribution in [0.4, 0.5) is 0 Å². The largest absolute Gasteiger partial charge is 0.464 e. The maximum Gasteiger partial charge on any atom is 0.177 e. The SMILES string of the molecule is Clc1ccccc1CCc1nc2ncc(-c3ccco3)cc2[nH]1. The zero-order valence-electron chi connectivity index (χ0n) is 12.3. The fourth-order valence-electron chi connectivity index (χ4n) is 2.60. The van der Waals surface area contributed by atoms with E-state index < -0.39 is 0 Å². The number of hydrogen-bond acceptors (Lipinski definition) is 3. The van der Waals surface area contributed by atoms with Crippen LogP contribution in [0.1, 0.15) is 11.4 Å². The number of nitrogens with one attached hydrogen (secondary N) is 1. The number of aryl methyl sites for hydroxylation is 2. The van der Waals surface area contributed by atoms with Crippen LogP contribution in [0, 0.1) is 0 Å². The Morgan fingerprint density at radius 3 is 2.83 bits per heavy atom. The Morgan fingerprint density at radius 2 is 2.00 bits per heavy atom. The molecule has 1 aromatic carbocycles. The zero-order valence-corrected chi connectivity index (χ0v) is 13.0. The number of fused-ring (bicyclic) bond motifs is 1. The van der Waals surface area contributed by atoms with Crippen LogP contribution in [0.5, 0.6) is 0 Å². The maximum atomic E-state index is 6.19. The first-order valence-electron chi connectivity index (χ1n) is 7.41. The maximum absolute atomic E-state index is 6.19. The van der Waals surface area contributed by atoms with Crippen LogP contribution in [0.15, 0.2) is 59.3 Å². The second-order valence-corrected chi connectivity index (χ2v) is 5.75. The average Bonchev–Trinajstić information content (AvgIpc) is 3.22. The lowest BCUT2D eigenvalue weighted by atomic mass is 10.1. The number of halogens is 1. The summed E-state index contributed by atoms with van der Waals surface area (Å²) in [6.45, 7) is 0. The summed E-state index contributed by atoms with van der Waals surface area (Å²) >= 11 is 6.19. The Kier molecular flexibility index (Phi) is 3.60. The summed E-state index contributed by atoms with van der Waals surface area (Å²) in [6, 6.07) is 13.7. The fourth-order valence-corrected chi connectivity index (χ4v) is 2.83. The van der Waals surface area contributed by atoms with E-state index in [1.54, 1.807) is 12.5 Å². The molecule has 23 heavy (non-hydrogen) atoms. The van der Waals surface area contributed by atoms with Crippen molar-refractivity contribution in [2.24, 2.45) is 0 Å². The van der Waals surface area contributed by atoms with Crippen LogP contribution < -0.4 is 0 Å². The molecule has 0 aliphatic rings. The minimum absolute atomic E-state index is 0.717. The third kappa shape index (κ3) is 2.85. The summed E-state index contributed by atoms with van der Waals surface area (Å²) in [5.74, 6) is 1.70. The van der Waals surface area contributed by atoms with Crippen molar-refractivity contribution >= 4 is 22.8 Å². The van der Waals surface area contributed by atoms with E-state index in [1.807, 2.05) is 42.5 Å². The van der Waals surface area contributed by atoms with E-state index in [9.17, 15) is 0 Å². The van der Waals surface area contributed by atoms with E-state index in [4.69, 9.17) is 16.0 Å². The lowest BCUT2D eigenvalue weighted by Crippen LogP contribution is -1.94. The molecule has 4 rings (SSSR count). The average molecular weight is 324 g/mol. The van der Waals surface area contributed by atoms with Gasteiger partial charge in [0, 0.05) is 23.2 Å². The standard InChI is InChI=1S/C18H14ClN3O/c19-14-5-2-1-4-12(14)7-8-17-21-15-10-13(11-20-18(15)22-17)16-6-3-9-23-16/h1-6,9-11H,7-8H2,(H,20,21,22). The number of nitrogens with zero attached hydrogens (tertiary/aromatic N) is 2. The molecular formula is C18H14ClN3O. The predicted molar refractivity (Wildman–Crippen MR) is 90.5 cm³/mol. The molecule has 3 aromatic heterocycles. The van der Waals surface area contributed by atoms with Crippen molar-refractivity contribution in [3.05, 3.63) is 71.3 Å². The minimum atomic E-state index is 0.717. The Morgan fingerprint density at radius 1 is 1.09 bits per heavy atom. The molecule has 0 radical (unpaired) electrons. The number of pyridine rings is 1. The number of imidazole rings is 1. The van der Waals surface area contributed by atoms with Crippen LogP contribution in [-0.2, 0) is 12.8 Å². The molecule has 4 nitrogen and oxygen atoms in total. The Bertz CT molecular complexity index is 944. The predicted octanol–water partition coefficient (Wildman–Crippen LogP) is 4.66. The van der Waals surface area contributed by atoms with Gasteiger partial charge in [0.2, 0.25) is 0 Å². The van der Waals surface area contributed by atoms with Crippen molar-refractivity contribution in [3.8, 4) is 11.3 Å². The third-order valence-electron chi connectivity index (χ3n) is 3.78. The highest BCUT2D eigenvalue weighted by atomic mass is 35.5. The minimum Gasteiger partial charge on any atom is -0.464 e. The van der Waals surface area contributed by atoms with Crippen LogP contribution in [-0.4, -0.2) is 15.0 Å². The summed E-state index contributed by atoms with van der Waals surface area (Å²) in [6.07, 6.45) is 5.06. The molecule has 0 bridgehead atoms. The highest BCUT2D eigenvalue weighted by Crippen LogP contribution is 2.22. The second kappa shape index (κ2) is 5.89. The van der Waals surface area contributed by atoms with Crippen molar-refractivity contribution in [1.82, 2.24) is 15.0 Å². The van der Waals surface area contributed by atoms with Gasteiger partial charge in [-0.3, -0.25) is 0 Å². The number of hydrogen-bond donors (Lipinski definition) is 1. The molecule has 0 atom stereocenters. The highest BCUT2D eigenvalue weighted by Gasteiger charge is 2.08. The van der Waals surface area contributed by atoms with Crippen LogP contribution in [0.2, 0.25) is 5.02 Å². The third-order valence-corrected chi connectivity index (χ3v) is 4.15. The number of rotatable bonds is 4. The van der Waals surface area contributed by atoms with Crippen LogP contribution in [0.25, 0.3) is 22.5 Å². The van der Waals surface area contributed by atoms with E-state index in [0.717, 1.165) is 51.7 Å². The Hall–Kier alpha value is -2.59. The molecule has 3 heterocycles. The number of aromatic amines is 1. The van der Waals surface area contributed by atoms with E-state index in [2.05, 4.69) is 15.0 Å². The highest BCUT2D eigenvalue weighted by molar-refractivity contribution is 6.31. The van der Waals surface area contributed by atoms with Gasteiger partial charge in [-0.2, -0.15) is 0 Å². The molecule has 1 N–H and O–H groups in total. The topological polar surface area (TPSA) is 54.7 Å². The van der Waals surface area contributed by atoms with Gasteiger partial charge in [0.15, 0.2) is 5.65 Å². The molecule has 0 fully saturated rings. The smallest absolute Gasteiger partial charge is 0.177 e. The molecule has 0 spiro atoms.